The number of non-ortho nitro benzene ring substituents is 1. The average molecular weight is 484 g/mol. The fourth-order valence-corrected chi connectivity index (χ4v) is 3.29. The van der Waals surface area contributed by atoms with E-state index < -0.39 is 4.92 Å². The first-order chi connectivity index (χ1) is 17.6. The van der Waals surface area contributed by atoms with Gasteiger partial charge in [0.2, 0.25) is 24.6 Å². The Morgan fingerprint density at radius 1 is 0.917 bits per heavy atom. The van der Waals surface area contributed by atoms with Gasteiger partial charge in [-0.1, -0.05) is 30.3 Å². The van der Waals surface area contributed by atoms with Crippen LogP contribution in [0.3, 0.4) is 0 Å². The minimum Gasteiger partial charge on any atom is -0.454 e. The van der Waals surface area contributed by atoms with Crippen LogP contribution in [0.25, 0.3) is 0 Å². The van der Waals surface area contributed by atoms with Gasteiger partial charge in [-0.15, -0.1) is 0 Å². The van der Waals surface area contributed by atoms with Crippen molar-refractivity contribution in [1.82, 2.24) is 15.0 Å². The molecule has 0 unspecified atom stereocenters. The summed E-state index contributed by atoms with van der Waals surface area (Å²) >= 11 is 0. The quantitative estimate of drug-likeness (QED) is 0.178. The molecule has 0 amide bonds. The Hall–Kier alpha value is -5.26. The highest BCUT2D eigenvalue weighted by Crippen LogP contribution is 2.32. The van der Waals surface area contributed by atoms with E-state index in [-0.39, 0.29) is 24.4 Å². The maximum Gasteiger partial charge on any atom is 0.269 e. The Kier molecular flexibility index (Phi) is 6.47. The number of benzene rings is 3. The molecule has 0 fully saturated rings. The lowest BCUT2D eigenvalue weighted by Crippen LogP contribution is -2.09. The first kappa shape index (κ1) is 22.5. The SMILES string of the molecule is O=[N+]([O-])c1ccc(Nc2nc(NCc3ccccc3)nc(N/N=C\c3ccc4c(c3)OCO4)n2)cc1. The van der Waals surface area contributed by atoms with Gasteiger partial charge in [0.1, 0.15) is 0 Å². The third kappa shape index (κ3) is 5.62. The van der Waals surface area contributed by atoms with Crippen LogP contribution in [0.1, 0.15) is 11.1 Å². The highest BCUT2D eigenvalue weighted by atomic mass is 16.7. The molecule has 2 heterocycles. The van der Waals surface area contributed by atoms with Gasteiger partial charge in [0.15, 0.2) is 11.5 Å². The van der Waals surface area contributed by atoms with Crippen LogP contribution in [0.5, 0.6) is 11.5 Å². The summed E-state index contributed by atoms with van der Waals surface area (Å²) in [6.45, 7) is 0.698. The van der Waals surface area contributed by atoms with Crippen molar-refractivity contribution < 1.29 is 14.4 Å². The Labute approximate surface area is 205 Å². The molecule has 12 heteroatoms. The van der Waals surface area contributed by atoms with Gasteiger partial charge in [0, 0.05) is 24.4 Å². The van der Waals surface area contributed by atoms with Gasteiger partial charge >= 0.3 is 0 Å². The molecule has 0 atom stereocenters. The number of nitro benzene ring substituents is 1. The lowest BCUT2D eigenvalue weighted by atomic mass is 10.2. The lowest BCUT2D eigenvalue weighted by molar-refractivity contribution is -0.384. The summed E-state index contributed by atoms with van der Waals surface area (Å²) in [6.07, 6.45) is 1.60. The second-order valence-corrected chi connectivity index (χ2v) is 7.56. The summed E-state index contributed by atoms with van der Waals surface area (Å²) < 4.78 is 10.7. The normalized spacial score (nSPS) is 11.9. The van der Waals surface area contributed by atoms with Crippen molar-refractivity contribution >= 4 is 35.4 Å². The van der Waals surface area contributed by atoms with Crippen LogP contribution in [0.15, 0.2) is 77.9 Å². The minimum atomic E-state index is -0.460. The summed E-state index contributed by atoms with van der Waals surface area (Å²) in [6, 6.07) is 21.2. The number of rotatable bonds is 9. The molecule has 0 saturated heterocycles. The van der Waals surface area contributed by atoms with Gasteiger partial charge in [-0.05, 0) is 41.5 Å². The first-order valence-electron chi connectivity index (χ1n) is 10.9. The molecule has 180 valence electrons. The van der Waals surface area contributed by atoms with Crippen molar-refractivity contribution in [3.8, 4) is 11.5 Å². The number of hydrogen-bond donors (Lipinski definition) is 3. The van der Waals surface area contributed by atoms with E-state index in [0.717, 1.165) is 11.1 Å². The zero-order valence-corrected chi connectivity index (χ0v) is 18.8. The van der Waals surface area contributed by atoms with E-state index in [1.54, 1.807) is 18.3 Å². The molecule has 0 aliphatic carbocycles. The molecule has 0 saturated carbocycles. The molecule has 1 aliphatic heterocycles. The average Bonchev–Trinajstić information content (AvgIpc) is 3.36. The largest absolute Gasteiger partial charge is 0.454 e. The van der Waals surface area contributed by atoms with E-state index in [2.05, 4.69) is 36.1 Å². The van der Waals surface area contributed by atoms with Crippen LogP contribution in [-0.4, -0.2) is 32.9 Å². The molecule has 3 aromatic carbocycles. The highest BCUT2D eigenvalue weighted by molar-refractivity contribution is 5.81. The van der Waals surface area contributed by atoms with Crippen LogP contribution in [0, 0.1) is 10.1 Å². The Morgan fingerprint density at radius 2 is 1.67 bits per heavy atom. The number of hydrazone groups is 1. The zero-order chi connectivity index (χ0) is 24.7. The van der Waals surface area contributed by atoms with Gasteiger partial charge < -0.3 is 20.1 Å². The van der Waals surface area contributed by atoms with E-state index in [9.17, 15) is 10.1 Å². The lowest BCUT2D eigenvalue weighted by Gasteiger charge is -2.10. The highest BCUT2D eigenvalue weighted by Gasteiger charge is 2.13. The standard InChI is InChI=1S/C24H20N8O4/c33-32(34)19-9-7-18(8-10-19)27-23-28-22(25-13-16-4-2-1-3-5-16)29-24(30-23)31-26-14-17-6-11-20-21(12-17)36-15-35-20/h1-12,14H,13,15H2,(H3,25,27,28,29,30,31)/b26-14-. The summed E-state index contributed by atoms with van der Waals surface area (Å²) in [5.41, 5.74) is 5.23. The topological polar surface area (TPSA) is 149 Å². The molecule has 36 heavy (non-hydrogen) atoms. The van der Waals surface area contributed by atoms with Crippen molar-refractivity contribution in [1.29, 1.82) is 0 Å². The Balaban J connectivity index is 1.34. The fourth-order valence-electron chi connectivity index (χ4n) is 3.29. The molecule has 0 radical (unpaired) electrons. The molecule has 12 nitrogen and oxygen atoms in total. The summed E-state index contributed by atoms with van der Waals surface area (Å²) in [5.74, 6) is 2.09. The number of ether oxygens (including phenoxy) is 2. The third-order valence-electron chi connectivity index (χ3n) is 5.04. The van der Waals surface area contributed by atoms with Crippen molar-refractivity contribution in [3.63, 3.8) is 0 Å². The molecule has 5 rings (SSSR count). The van der Waals surface area contributed by atoms with Gasteiger partial charge in [0.05, 0.1) is 11.1 Å². The molecule has 0 bridgehead atoms. The van der Waals surface area contributed by atoms with E-state index in [4.69, 9.17) is 9.47 Å². The molecule has 3 N–H and O–H groups in total. The zero-order valence-electron chi connectivity index (χ0n) is 18.8. The molecule has 1 aromatic heterocycles. The maximum atomic E-state index is 10.9. The maximum absolute atomic E-state index is 10.9. The van der Waals surface area contributed by atoms with Gasteiger partial charge in [-0.2, -0.15) is 20.1 Å². The number of fused-ring (bicyclic) bond motifs is 1. The minimum absolute atomic E-state index is 0.0124. The predicted octanol–water partition coefficient (Wildman–Crippen LogP) is 4.31. The Bertz CT molecular complexity index is 1400. The van der Waals surface area contributed by atoms with E-state index in [1.165, 1.54) is 12.1 Å². The molecular formula is C24H20N8O4. The van der Waals surface area contributed by atoms with Crippen molar-refractivity contribution in [3.05, 3.63) is 94.0 Å². The number of nitrogens with zero attached hydrogens (tertiary/aromatic N) is 5. The van der Waals surface area contributed by atoms with Crippen LogP contribution >= 0.6 is 0 Å². The summed E-state index contributed by atoms with van der Waals surface area (Å²) in [7, 11) is 0. The number of aromatic nitrogens is 3. The Morgan fingerprint density at radius 3 is 2.47 bits per heavy atom. The summed E-state index contributed by atoms with van der Waals surface area (Å²) in [4.78, 5) is 23.6. The van der Waals surface area contributed by atoms with Gasteiger partial charge in [-0.3, -0.25) is 10.1 Å². The van der Waals surface area contributed by atoms with Crippen molar-refractivity contribution in [2.75, 3.05) is 22.9 Å². The van der Waals surface area contributed by atoms with Crippen LogP contribution in [0.2, 0.25) is 0 Å². The second-order valence-electron chi connectivity index (χ2n) is 7.56. The van der Waals surface area contributed by atoms with E-state index >= 15 is 0 Å². The van der Waals surface area contributed by atoms with Crippen molar-refractivity contribution in [2.24, 2.45) is 5.10 Å². The van der Waals surface area contributed by atoms with Gasteiger partial charge in [-0.25, -0.2) is 5.43 Å². The van der Waals surface area contributed by atoms with E-state index in [0.29, 0.717) is 29.7 Å². The fraction of sp³-hybridized carbons (Fsp3) is 0.0833. The van der Waals surface area contributed by atoms with E-state index in [1.807, 2.05) is 48.5 Å². The molecule has 0 spiro atoms. The monoisotopic (exact) mass is 484 g/mol. The molecule has 4 aromatic rings. The smallest absolute Gasteiger partial charge is 0.269 e. The first-order valence-corrected chi connectivity index (χ1v) is 10.9. The van der Waals surface area contributed by atoms with Gasteiger partial charge in [0.25, 0.3) is 5.69 Å². The third-order valence-corrected chi connectivity index (χ3v) is 5.04. The number of anilines is 4. The number of nitrogens with one attached hydrogen (secondary N) is 3. The second kappa shape index (κ2) is 10.3. The number of nitro groups is 1. The predicted molar refractivity (Wildman–Crippen MR) is 134 cm³/mol. The van der Waals surface area contributed by atoms with Crippen LogP contribution in [-0.2, 0) is 6.54 Å². The summed E-state index contributed by atoms with van der Waals surface area (Å²) in [5, 5.41) is 21.3. The number of hydrogen-bond acceptors (Lipinski definition) is 11. The molecular weight excluding hydrogens is 464 g/mol. The molecule has 1 aliphatic rings. The van der Waals surface area contributed by atoms with Crippen molar-refractivity contribution in [2.45, 2.75) is 6.54 Å². The van der Waals surface area contributed by atoms with Crippen LogP contribution in [0.4, 0.5) is 29.2 Å². The van der Waals surface area contributed by atoms with Crippen LogP contribution < -0.4 is 25.5 Å².